The summed E-state index contributed by atoms with van der Waals surface area (Å²) in [6, 6.07) is 0. The van der Waals surface area contributed by atoms with Gasteiger partial charge in [0.2, 0.25) is 0 Å². The average molecular weight is 184 g/mol. The van der Waals surface area contributed by atoms with Gasteiger partial charge in [-0.25, -0.2) is 4.39 Å². The molecule has 0 spiro atoms. The summed E-state index contributed by atoms with van der Waals surface area (Å²) in [6.07, 6.45) is 5.94. The lowest BCUT2D eigenvalue weighted by atomic mass is 10.0. The zero-order valence-electron chi connectivity index (χ0n) is 9.28. The van der Waals surface area contributed by atoms with Crippen LogP contribution in [0.15, 0.2) is 23.0 Å². The van der Waals surface area contributed by atoms with Crippen LogP contribution in [-0.2, 0) is 0 Å². The van der Waals surface area contributed by atoms with Crippen LogP contribution in [0.25, 0.3) is 0 Å². The molecule has 0 aliphatic rings. The fourth-order valence-electron chi connectivity index (χ4n) is 1.33. The van der Waals surface area contributed by atoms with Crippen molar-refractivity contribution in [3.05, 3.63) is 23.0 Å². The summed E-state index contributed by atoms with van der Waals surface area (Å²) in [7, 11) is 0. The fourth-order valence-corrected chi connectivity index (χ4v) is 1.33. The maximum atomic E-state index is 12.9. The normalized spacial score (nSPS) is 12.4. The Morgan fingerprint density at radius 3 is 1.92 bits per heavy atom. The molecule has 0 nitrogen and oxygen atoms in total. The molecule has 0 saturated heterocycles. The van der Waals surface area contributed by atoms with E-state index in [2.05, 4.69) is 19.9 Å². The summed E-state index contributed by atoms with van der Waals surface area (Å²) in [4.78, 5) is 0. The number of rotatable bonds is 5. The van der Waals surface area contributed by atoms with Crippen molar-refractivity contribution in [2.24, 2.45) is 0 Å². The van der Waals surface area contributed by atoms with Crippen LogP contribution in [0.5, 0.6) is 0 Å². The molecule has 0 aromatic carbocycles. The Bertz CT molecular complexity index is 189. The molecule has 0 aromatic rings. The van der Waals surface area contributed by atoms with Gasteiger partial charge in [0.05, 0.1) is 5.83 Å². The van der Waals surface area contributed by atoms with E-state index in [9.17, 15) is 4.39 Å². The Morgan fingerprint density at radius 1 is 1.08 bits per heavy atom. The van der Waals surface area contributed by atoms with Crippen molar-refractivity contribution in [1.82, 2.24) is 0 Å². The van der Waals surface area contributed by atoms with E-state index < -0.39 is 0 Å². The first kappa shape index (κ1) is 12.4. The lowest BCUT2D eigenvalue weighted by Gasteiger charge is -2.03. The summed E-state index contributed by atoms with van der Waals surface area (Å²) < 4.78 is 12.9. The third-order valence-corrected chi connectivity index (χ3v) is 2.46. The van der Waals surface area contributed by atoms with Gasteiger partial charge in [0.25, 0.3) is 0 Å². The molecular weight excluding hydrogens is 163 g/mol. The Morgan fingerprint density at radius 2 is 1.62 bits per heavy atom. The number of hydrogen-bond donors (Lipinski definition) is 0. The molecule has 76 valence electrons. The van der Waals surface area contributed by atoms with E-state index in [1.807, 2.05) is 6.92 Å². The van der Waals surface area contributed by atoms with Gasteiger partial charge in [-0.05, 0) is 38.2 Å². The first-order chi connectivity index (χ1) is 6.15. The lowest BCUT2D eigenvalue weighted by molar-refractivity contribution is 0.616. The summed E-state index contributed by atoms with van der Waals surface area (Å²) >= 11 is 0. The van der Waals surface area contributed by atoms with E-state index in [1.54, 1.807) is 6.92 Å². The molecule has 0 amide bonds. The lowest BCUT2D eigenvalue weighted by Crippen LogP contribution is -1.84. The Kier molecular flexibility index (Phi) is 6.56. The molecule has 0 N–H and O–H groups in total. The first-order valence-corrected chi connectivity index (χ1v) is 5.17. The van der Waals surface area contributed by atoms with Crippen LogP contribution in [-0.4, -0.2) is 0 Å². The minimum Gasteiger partial charge on any atom is -0.212 e. The molecule has 0 aliphatic carbocycles. The molecule has 0 fully saturated rings. The van der Waals surface area contributed by atoms with Gasteiger partial charge in [-0.3, -0.25) is 0 Å². The molecule has 0 unspecified atom stereocenters. The monoisotopic (exact) mass is 184 g/mol. The Hall–Kier alpha value is -0.590. The van der Waals surface area contributed by atoms with Crippen molar-refractivity contribution in [1.29, 1.82) is 0 Å². The first-order valence-electron chi connectivity index (χ1n) is 5.17. The van der Waals surface area contributed by atoms with Crippen LogP contribution < -0.4 is 0 Å². The van der Waals surface area contributed by atoms with Crippen molar-refractivity contribution < 1.29 is 4.39 Å². The number of halogens is 1. The Balaban J connectivity index is 4.27. The minimum absolute atomic E-state index is 0.00898. The summed E-state index contributed by atoms with van der Waals surface area (Å²) in [5.41, 5.74) is 2.35. The van der Waals surface area contributed by atoms with Gasteiger partial charge in [0.1, 0.15) is 0 Å². The molecule has 1 heteroatoms. The van der Waals surface area contributed by atoms with Crippen molar-refractivity contribution in [2.75, 3.05) is 0 Å². The van der Waals surface area contributed by atoms with Crippen LogP contribution in [0.2, 0.25) is 0 Å². The van der Waals surface area contributed by atoms with Gasteiger partial charge in [-0.2, -0.15) is 0 Å². The largest absolute Gasteiger partial charge is 0.212 e. The van der Waals surface area contributed by atoms with E-state index >= 15 is 0 Å². The molecule has 0 radical (unpaired) electrons. The molecule has 13 heavy (non-hydrogen) atoms. The molecule has 0 rings (SSSR count). The predicted molar refractivity (Wildman–Crippen MR) is 57.4 cm³/mol. The van der Waals surface area contributed by atoms with Crippen molar-refractivity contribution in [3.63, 3.8) is 0 Å². The third-order valence-electron chi connectivity index (χ3n) is 2.46. The summed E-state index contributed by atoms with van der Waals surface area (Å²) in [5.74, 6) is -0.00898. The minimum atomic E-state index is -0.00898. The van der Waals surface area contributed by atoms with Gasteiger partial charge in [-0.1, -0.05) is 32.4 Å². The number of hydrogen-bond acceptors (Lipinski definition) is 0. The highest BCUT2D eigenvalue weighted by molar-refractivity contribution is 5.13. The van der Waals surface area contributed by atoms with Crippen molar-refractivity contribution in [3.8, 4) is 0 Å². The molecule has 0 atom stereocenters. The van der Waals surface area contributed by atoms with Gasteiger partial charge in [-0.15, -0.1) is 0 Å². The fraction of sp³-hybridized carbons (Fsp3) is 0.667. The second kappa shape index (κ2) is 6.88. The van der Waals surface area contributed by atoms with Crippen LogP contribution in [0, 0.1) is 0 Å². The van der Waals surface area contributed by atoms with E-state index in [0.717, 1.165) is 31.3 Å². The molecular formula is C12H21F. The van der Waals surface area contributed by atoms with Crippen LogP contribution in [0.1, 0.15) is 53.4 Å². The van der Waals surface area contributed by atoms with Crippen LogP contribution in [0.4, 0.5) is 4.39 Å². The predicted octanol–water partition coefficient (Wildman–Crippen LogP) is 4.78. The van der Waals surface area contributed by atoms with E-state index in [0.29, 0.717) is 0 Å². The molecule has 0 saturated carbocycles. The van der Waals surface area contributed by atoms with Gasteiger partial charge in [0, 0.05) is 0 Å². The molecule has 0 aliphatic heterocycles. The smallest absolute Gasteiger partial charge is 0.0963 e. The van der Waals surface area contributed by atoms with Crippen LogP contribution >= 0.6 is 0 Å². The standard InChI is InChI=1S/C12H21F/c1-5-11(6-2)8-9-12(7-3)10(4)13/h8H,5-7,9H2,1-4H3/b12-10+. The SMILES string of the molecule is CCC(=CC/C(CC)=C(\C)F)CC. The zero-order valence-corrected chi connectivity index (χ0v) is 9.28. The highest BCUT2D eigenvalue weighted by Crippen LogP contribution is 2.17. The maximum absolute atomic E-state index is 12.9. The maximum Gasteiger partial charge on any atom is 0.0963 e. The van der Waals surface area contributed by atoms with Crippen molar-refractivity contribution >= 4 is 0 Å². The quantitative estimate of drug-likeness (QED) is 0.539. The highest BCUT2D eigenvalue weighted by Gasteiger charge is 1.98. The van der Waals surface area contributed by atoms with Crippen LogP contribution in [0.3, 0.4) is 0 Å². The average Bonchev–Trinajstić information content (AvgIpc) is 2.12. The zero-order chi connectivity index (χ0) is 10.3. The van der Waals surface area contributed by atoms with E-state index in [4.69, 9.17) is 0 Å². The summed E-state index contributed by atoms with van der Waals surface area (Å²) in [6.45, 7) is 7.84. The van der Waals surface area contributed by atoms with Gasteiger partial charge < -0.3 is 0 Å². The highest BCUT2D eigenvalue weighted by atomic mass is 19.1. The molecule has 0 bridgehead atoms. The van der Waals surface area contributed by atoms with Gasteiger partial charge >= 0.3 is 0 Å². The molecule has 0 aromatic heterocycles. The topological polar surface area (TPSA) is 0 Å². The molecule has 0 heterocycles. The van der Waals surface area contributed by atoms with Crippen molar-refractivity contribution in [2.45, 2.75) is 53.4 Å². The third kappa shape index (κ3) is 4.87. The number of allylic oxidation sites excluding steroid dienone is 4. The van der Waals surface area contributed by atoms with E-state index in [-0.39, 0.29) is 5.83 Å². The Labute approximate surface area is 81.5 Å². The summed E-state index contributed by atoms with van der Waals surface area (Å²) in [5, 5.41) is 0. The second-order valence-electron chi connectivity index (χ2n) is 3.26. The second-order valence-corrected chi connectivity index (χ2v) is 3.26. The van der Waals surface area contributed by atoms with Gasteiger partial charge in [0.15, 0.2) is 0 Å². The van der Waals surface area contributed by atoms with E-state index in [1.165, 1.54) is 5.57 Å².